The summed E-state index contributed by atoms with van der Waals surface area (Å²) in [6.07, 6.45) is 3.61. The van der Waals surface area contributed by atoms with Crippen molar-refractivity contribution in [2.75, 3.05) is 26.4 Å². The normalized spacial score (nSPS) is 38.0. The van der Waals surface area contributed by atoms with Crippen LogP contribution >= 0.6 is 0 Å². The molecule has 0 radical (unpaired) electrons. The molecule has 2 fully saturated rings. The monoisotopic (exact) mass is 327 g/mol. The summed E-state index contributed by atoms with van der Waals surface area (Å²) < 4.78 is 11.8. The lowest BCUT2D eigenvalue weighted by Gasteiger charge is -2.40. The van der Waals surface area contributed by atoms with Gasteiger partial charge in [-0.05, 0) is 44.4 Å². The van der Waals surface area contributed by atoms with Crippen LogP contribution in [0.3, 0.4) is 0 Å². The average molecular weight is 328 g/mol. The number of hydrogen-bond donors (Lipinski definition) is 1. The average Bonchev–Trinajstić information content (AvgIpc) is 2.49. The molecule has 2 aliphatic rings. The van der Waals surface area contributed by atoms with Crippen LogP contribution in [0, 0.1) is 17.8 Å². The zero-order valence-electron chi connectivity index (χ0n) is 15.7. The molecule has 2 rings (SSSR count). The van der Waals surface area contributed by atoms with Gasteiger partial charge in [-0.3, -0.25) is 4.90 Å². The lowest BCUT2D eigenvalue weighted by atomic mass is 9.75. The van der Waals surface area contributed by atoms with Gasteiger partial charge < -0.3 is 14.6 Å². The summed E-state index contributed by atoms with van der Waals surface area (Å²) >= 11 is 0. The molecule has 0 bridgehead atoms. The minimum Gasteiger partial charge on any atom is -0.389 e. The van der Waals surface area contributed by atoms with Crippen LogP contribution in [0.1, 0.15) is 53.9 Å². The lowest BCUT2D eigenvalue weighted by Crippen LogP contribution is -2.52. The second-order valence-electron chi connectivity index (χ2n) is 8.28. The van der Waals surface area contributed by atoms with Crippen molar-refractivity contribution in [2.45, 2.75) is 78.2 Å². The van der Waals surface area contributed by atoms with E-state index >= 15 is 0 Å². The first kappa shape index (κ1) is 19.2. The molecule has 0 aromatic carbocycles. The highest BCUT2D eigenvalue weighted by Crippen LogP contribution is 2.35. The Hall–Kier alpha value is -0.160. The number of nitrogens with zero attached hydrogens (tertiary/aromatic N) is 1. The number of morpholine rings is 1. The third-order valence-corrected chi connectivity index (χ3v) is 5.74. The predicted molar refractivity (Wildman–Crippen MR) is 93.5 cm³/mol. The Morgan fingerprint density at radius 2 is 1.78 bits per heavy atom. The SMILES string of the molecule is CC(C)[C@H]1CC[C@@H](C)C[C@H]1OC[C@@H](O)CN1[C@H](C)COC[C@@H]1C. The Kier molecular flexibility index (Phi) is 7.33. The van der Waals surface area contributed by atoms with Crippen molar-refractivity contribution in [2.24, 2.45) is 17.8 Å². The van der Waals surface area contributed by atoms with E-state index in [2.05, 4.69) is 39.5 Å². The molecular weight excluding hydrogens is 290 g/mol. The van der Waals surface area contributed by atoms with Crippen molar-refractivity contribution in [3.8, 4) is 0 Å². The highest BCUT2D eigenvalue weighted by molar-refractivity contribution is 4.83. The standard InChI is InChI=1S/C19H37NO3/c1-13(2)18-7-6-14(3)8-19(18)23-12-17(21)9-20-15(4)10-22-11-16(20)5/h13-19,21H,6-12H2,1-5H3/t14-,15-,16+,17+,18-,19-/m1/s1. The molecule has 1 N–H and O–H groups in total. The van der Waals surface area contributed by atoms with Crippen LogP contribution in [0.25, 0.3) is 0 Å². The van der Waals surface area contributed by atoms with Gasteiger partial charge in [0.2, 0.25) is 0 Å². The van der Waals surface area contributed by atoms with E-state index in [-0.39, 0.29) is 0 Å². The molecule has 1 aliphatic carbocycles. The molecule has 136 valence electrons. The maximum absolute atomic E-state index is 10.5. The molecule has 1 saturated heterocycles. The molecule has 4 heteroatoms. The summed E-state index contributed by atoms with van der Waals surface area (Å²) in [5.74, 6) is 2.04. The van der Waals surface area contributed by atoms with E-state index in [1.165, 1.54) is 12.8 Å². The second kappa shape index (κ2) is 8.80. The van der Waals surface area contributed by atoms with Crippen molar-refractivity contribution in [1.29, 1.82) is 0 Å². The minimum atomic E-state index is -0.414. The fourth-order valence-electron chi connectivity index (χ4n) is 4.23. The van der Waals surface area contributed by atoms with Crippen LogP contribution in [0.2, 0.25) is 0 Å². The van der Waals surface area contributed by atoms with Crippen molar-refractivity contribution >= 4 is 0 Å². The summed E-state index contributed by atoms with van der Waals surface area (Å²) in [6, 6.07) is 0.734. The number of β-amino-alcohol motifs (C(OH)–C–C–N with tert-alkyl or cyclic N) is 1. The van der Waals surface area contributed by atoms with Crippen LogP contribution in [-0.2, 0) is 9.47 Å². The minimum absolute atomic E-state index is 0.313. The number of rotatable bonds is 6. The Balaban J connectivity index is 1.81. The quantitative estimate of drug-likeness (QED) is 0.814. The third kappa shape index (κ3) is 5.42. The molecule has 6 atom stereocenters. The summed E-state index contributed by atoms with van der Waals surface area (Å²) in [5.41, 5.74) is 0. The van der Waals surface area contributed by atoms with Gasteiger partial charge in [-0.15, -0.1) is 0 Å². The maximum Gasteiger partial charge on any atom is 0.0900 e. The Morgan fingerprint density at radius 3 is 2.39 bits per heavy atom. The van der Waals surface area contributed by atoms with Crippen molar-refractivity contribution in [1.82, 2.24) is 4.90 Å². The van der Waals surface area contributed by atoms with Gasteiger partial charge in [-0.1, -0.05) is 27.2 Å². The van der Waals surface area contributed by atoms with Crippen LogP contribution in [0.15, 0.2) is 0 Å². The highest BCUT2D eigenvalue weighted by Gasteiger charge is 2.32. The van der Waals surface area contributed by atoms with E-state index in [1.54, 1.807) is 0 Å². The Labute approximate surface area is 142 Å². The van der Waals surface area contributed by atoms with Gasteiger partial charge in [0.05, 0.1) is 32.0 Å². The molecule has 1 saturated carbocycles. The van der Waals surface area contributed by atoms with Gasteiger partial charge in [0.25, 0.3) is 0 Å². The zero-order chi connectivity index (χ0) is 17.0. The number of aliphatic hydroxyl groups is 1. The van der Waals surface area contributed by atoms with Crippen molar-refractivity contribution < 1.29 is 14.6 Å². The molecule has 1 aliphatic heterocycles. The molecule has 1 heterocycles. The van der Waals surface area contributed by atoms with Gasteiger partial charge in [0.1, 0.15) is 0 Å². The molecule has 0 aromatic rings. The van der Waals surface area contributed by atoms with Crippen LogP contribution < -0.4 is 0 Å². The highest BCUT2D eigenvalue weighted by atomic mass is 16.5. The van der Waals surface area contributed by atoms with Gasteiger partial charge in [-0.25, -0.2) is 0 Å². The largest absolute Gasteiger partial charge is 0.389 e. The molecule has 0 aromatic heterocycles. The number of hydrogen-bond acceptors (Lipinski definition) is 4. The van der Waals surface area contributed by atoms with E-state index < -0.39 is 6.10 Å². The topological polar surface area (TPSA) is 41.9 Å². The summed E-state index contributed by atoms with van der Waals surface area (Å²) in [7, 11) is 0. The Morgan fingerprint density at radius 1 is 1.13 bits per heavy atom. The summed E-state index contributed by atoms with van der Waals surface area (Å²) in [5, 5.41) is 10.5. The molecule has 4 nitrogen and oxygen atoms in total. The van der Waals surface area contributed by atoms with Gasteiger partial charge >= 0.3 is 0 Å². The van der Waals surface area contributed by atoms with Crippen LogP contribution in [-0.4, -0.2) is 60.7 Å². The summed E-state index contributed by atoms with van der Waals surface area (Å²) in [6.45, 7) is 13.9. The first-order chi connectivity index (χ1) is 10.9. The molecule has 0 spiro atoms. The van der Waals surface area contributed by atoms with E-state index in [9.17, 15) is 5.11 Å². The molecule has 0 unspecified atom stereocenters. The van der Waals surface area contributed by atoms with E-state index in [1.807, 2.05) is 0 Å². The van der Waals surface area contributed by atoms with Gasteiger partial charge in [0, 0.05) is 18.6 Å². The van der Waals surface area contributed by atoms with E-state index in [0.29, 0.717) is 43.2 Å². The van der Waals surface area contributed by atoms with E-state index in [0.717, 1.165) is 25.6 Å². The number of ether oxygens (including phenoxy) is 2. The third-order valence-electron chi connectivity index (χ3n) is 5.74. The Bertz CT molecular complexity index is 340. The van der Waals surface area contributed by atoms with Crippen molar-refractivity contribution in [3.05, 3.63) is 0 Å². The predicted octanol–water partition coefficient (Wildman–Crippen LogP) is 2.93. The lowest BCUT2D eigenvalue weighted by molar-refractivity contribution is -0.0929. The van der Waals surface area contributed by atoms with Crippen LogP contribution in [0.5, 0.6) is 0 Å². The van der Waals surface area contributed by atoms with E-state index in [4.69, 9.17) is 9.47 Å². The molecule has 0 amide bonds. The smallest absolute Gasteiger partial charge is 0.0900 e. The fraction of sp³-hybridized carbons (Fsp3) is 1.00. The molecular formula is C19H37NO3. The van der Waals surface area contributed by atoms with Gasteiger partial charge in [0.15, 0.2) is 0 Å². The molecule has 23 heavy (non-hydrogen) atoms. The number of aliphatic hydroxyl groups excluding tert-OH is 1. The first-order valence-corrected chi connectivity index (χ1v) is 9.51. The fourth-order valence-corrected chi connectivity index (χ4v) is 4.23. The zero-order valence-corrected chi connectivity index (χ0v) is 15.7. The van der Waals surface area contributed by atoms with Crippen LogP contribution in [0.4, 0.5) is 0 Å². The maximum atomic E-state index is 10.5. The first-order valence-electron chi connectivity index (χ1n) is 9.51. The van der Waals surface area contributed by atoms with Crippen molar-refractivity contribution in [3.63, 3.8) is 0 Å². The second-order valence-corrected chi connectivity index (χ2v) is 8.28. The summed E-state index contributed by atoms with van der Waals surface area (Å²) in [4.78, 5) is 2.35. The van der Waals surface area contributed by atoms with Gasteiger partial charge in [-0.2, -0.15) is 0 Å².